The summed E-state index contributed by atoms with van der Waals surface area (Å²) in [4.78, 5) is 12.1. The molecular formula is C13H14BrF3N4O3S2. The molecule has 3 rings (SSSR count). The minimum Gasteiger partial charge on any atom is -0.274 e. The van der Waals surface area contributed by atoms with Gasteiger partial charge < -0.3 is 0 Å². The number of thiophene rings is 1. The highest BCUT2D eigenvalue weighted by molar-refractivity contribution is 9.11. The number of hydrogen-bond donors (Lipinski definition) is 0. The van der Waals surface area contributed by atoms with Gasteiger partial charge in [-0.3, -0.25) is 4.57 Å². The van der Waals surface area contributed by atoms with Crippen LogP contribution in [0.2, 0.25) is 0 Å². The first-order chi connectivity index (χ1) is 12.0. The van der Waals surface area contributed by atoms with Gasteiger partial charge in [-0.05, 0) is 40.9 Å². The summed E-state index contributed by atoms with van der Waals surface area (Å²) in [6.45, 7) is 0.208. The van der Waals surface area contributed by atoms with Gasteiger partial charge in [-0.25, -0.2) is 17.9 Å². The molecule has 13 heteroatoms. The number of alkyl halides is 3. The molecule has 1 aliphatic rings. The topological polar surface area (TPSA) is 77.2 Å². The van der Waals surface area contributed by atoms with Gasteiger partial charge in [0.05, 0.1) is 9.83 Å². The van der Waals surface area contributed by atoms with E-state index in [0.29, 0.717) is 8.35 Å². The van der Waals surface area contributed by atoms with Crippen molar-refractivity contribution in [2.45, 2.75) is 29.3 Å². The average Bonchev–Trinajstić information content (AvgIpc) is 3.12. The lowest BCUT2D eigenvalue weighted by atomic mass is 10.1. The van der Waals surface area contributed by atoms with E-state index < -0.39 is 33.8 Å². The van der Waals surface area contributed by atoms with E-state index in [1.807, 2.05) is 0 Å². The maximum absolute atomic E-state index is 12.9. The summed E-state index contributed by atoms with van der Waals surface area (Å²) in [5.41, 5.74) is -0.860. The Morgan fingerprint density at radius 1 is 1.27 bits per heavy atom. The van der Waals surface area contributed by atoms with Crippen LogP contribution in [0, 0.1) is 0 Å². The van der Waals surface area contributed by atoms with E-state index in [-0.39, 0.29) is 30.1 Å². The molecule has 2 aromatic heterocycles. The largest absolute Gasteiger partial charge is 0.451 e. The van der Waals surface area contributed by atoms with Crippen LogP contribution in [0.25, 0.3) is 0 Å². The summed E-state index contributed by atoms with van der Waals surface area (Å²) in [5.74, 6) is -1.26. The zero-order valence-corrected chi connectivity index (χ0v) is 16.6. The number of hydrogen-bond acceptors (Lipinski definition) is 5. The number of nitrogens with zero attached hydrogens (tertiary/aromatic N) is 4. The number of rotatable bonds is 3. The van der Waals surface area contributed by atoms with Crippen LogP contribution < -0.4 is 5.69 Å². The standard InChI is InChI=1S/C13H14BrF3N4O3S2/c1-19-11(13(15,16)17)18-21(12(19)22)8-4-6-20(7-5-8)26(23,24)10-3-2-9(14)25-10/h2-3,8H,4-7H2,1H3. The zero-order valence-electron chi connectivity index (χ0n) is 13.4. The minimum absolute atomic E-state index is 0.104. The highest BCUT2D eigenvalue weighted by atomic mass is 79.9. The van der Waals surface area contributed by atoms with Gasteiger partial charge >= 0.3 is 11.9 Å². The second-order valence-electron chi connectivity index (χ2n) is 5.80. The lowest BCUT2D eigenvalue weighted by Gasteiger charge is -2.30. The molecule has 1 aliphatic heterocycles. The van der Waals surface area contributed by atoms with Gasteiger partial charge in [0, 0.05) is 20.1 Å². The second-order valence-corrected chi connectivity index (χ2v) is 10.4. The van der Waals surface area contributed by atoms with Crippen molar-refractivity contribution in [3.8, 4) is 0 Å². The molecule has 26 heavy (non-hydrogen) atoms. The third-order valence-electron chi connectivity index (χ3n) is 4.17. The van der Waals surface area contributed by atoms with Crippen molar-refractivity contribution in [3.05, 3.63) is 32.2 Å². The fourth-order valence-electron chi connectivity index (χ4n) is 2.83. The Morgan fingerprint density at radius 2 is 1.88 bits per heavy atom. The Morgan fingerprint density at radius 3 is 2.35 bits per heavy atom. The molecular weight excluding hydrogens is 461 g/mol. The lowest BCUT2D eigenvalue weighted by molar-refractivity contribution is -0.147. The van der Waals surface area contributed by atoms with Gasteiger partial charge in [0.15, 0.2) is 0 Å². The molecule has 0 amide bonds. The molecule has 0 aromatic carbocycles. The molecule has 144 valence electrons. The van der Waals surface area contributed by atoms with Crippen molar-refractivity contribution < 1.29 is 21.6 Å². The molecule has 0 spiro atoms. The number of sulfonamides is 1. The van der Waals surface area contributed by atoms with Gasteiger partial charge in [-0.1, -0.05) is 0 Å². The van der Waals surface area contributed by atoms with Crippen LogP contribution in [0.1, 0.15) is 24.7 Å². The molecule has 0 aliphatic carbocycles. The predicted octanol–water partition coefficient (Wildman–Crippen LogP) is 2.45. The Balaban J connectivity index is 1.78. The summed E-state index contributed by atoms with van der Waals surface area (Å²) in [6.07, 6.45) is -4.31. The van der Waals surface area contributed by atoms with Gasteiger partial charge in [0.25, 0.3) is 10.0 Å². The Kier molecular flexibility index (Phi) is 5.09. The monoisotopic (exact) mass is 474 g/mol. The van der Waals surface area contributed by atoms with Crippen LogP contribution in [0.15, 0.2) is 24.9 Å². The molecule has 0 unspecified atom stereocenters. The van der Waals surface area contributed by atoms with Crippen LogP contribution in [0.3, 0.4) is 0 Å². The minimum atomic E-state index is -4.73. The van der Waals surface area contributed by atoms with Gasteiger partial charge in [0.1, 0.15) is 4.21 Å². The molecule has 0 bridgehead atoms. The molecule has 1 saturated heterocycles. The molecule has 3 heterocycles. The first-order valence-corrected chi connectivity index (χ1v) is 10.5. The highest BCUT2D eigenvalue weighted by Crippen LogP contribution is 2.32. The number of aromatic nitrogens is 3. The molecule has 2 aromatic rings. The lowest BCUT2D eigenvalue weighted by Crippen LogP contribution is -2.40. The van der Waals surface area contributed by atoms with E-state index in [9.17, 15) is 26.4 Å². The van der Waals surface area contributed by atoms with Crippen molar-refractivity contribution in [2.75, 3.05) is 13.1 Å². The average molecular weight is 475 g/mol. The maximum atomic E-state index is 12.9. The van der Waals surface area contributed by atoms with Crippen LogP contribution in [0.4, 0.5) is 13.2 Å². The van der Waals surface area contributed by atoms with Crippen LogP contribution >= 0.6 is 27.3 Å². The fraction of sp³-hybridized carbons (Fsp3) is 0.538. The Hall–Kier alpha value is -1.18. The van der Waals surface area contributed by atoms with Gasteiger partial charge in [-0.2, -0.15) is 17.5 Å². The van der Waals surface area contributed by atoms with Crippen LogP contribution in [0.5, 0.6) is 0 Å². The zero-order chi connectivity index (χ0) is 19.3. The third-order valence-corrected chi connectivity index (χ3v) is 8.16. The summed E-state index contributed by atoms with van der Waals surface area (Å²) >= 11 is 4.30. The summed E-state index contributed by atoms with van der Waals surface area (Å²) in [5, 5.41) is 3.42. The molecule has 0 atom stereocenters. The van der Waals surface area contributed by atoms with Gasteiger partial charge in [0.2, 0.25) is 5.82 Å². The maximum Gasteiger partial charge on any atom is 0.451 e. The van der Waals surface area contributed by atoms with E-state index in [2.05, 4.69) is 21.0 Å². The van der Waals surface area contributed by atoms with E-state index in [1.54, 1.807) is 6.07 Å². The van der Waals surface area contributed by atoms with Crippen LogP contribution in [-0.4, -0.2) is 40.2 Å². The molecule has 7 nitrogen and oxygen atoms in total. The second kappa shape index (κ2) is 6.77. The fourth-order valence-corrected chi connectivity index (χ4v) is 6.47. The van der Waals surface area contributed by atoms with Crippen molar-refractivity contribution in [1.82, 2.24) is 18.7 Å². The quantitative estimate of drug-likeness (QED) is 0.684. The molecule has 0 radical (unpaired) electrons. The summed E-state index contributed by atoms with van der Waals surface area (Å²) < 4.78 is 67.3. The van der Waals surface area contributed by atoms with E-state index in [0.717, 1.165) is 23.1 Å². The van der Waals surface area contributed by atoms with Gasteiger partial charge in [-0.15, -0.1) is 16.4 Å². The Bertz CT molecular complexity index is 972. The first-order valence-electron chi connectivity index (χ1n) is 7.50. The third kappa shape index (κ3) is 3.49. The number of halogens is 4. The van der Waals surface area contributed by atoms with Crippen molar-refractivity contribution in [2.24, 2.45) is 7.05 Å². The highest BCUT2D eigenvalue weighted by Gasteiger charge is 2.39. The summed E-state index contributed by atoms with van der Waals surface area (Å²) in [6, 6.07) is 2.55. The molecule has 0 N–H and O–H groups in total. The number of piperidine rings is 1. The SMILES string of the molecule is Cn1c(C(F)(F)F)nn(C2CCN(S(=O)(=O)c3ccc(Br)s3)CC2)c1=O. The Labute approximate surface area is 159 Å². The van der Waals surface area contributed by atoms with Crippen molar-refractivity contribution >= 4 is 37.3 Å². The van der Waals surface area contributed by atoms with E-state index in [1.165, 1.54) is 10.4 Å². The van der Waals surface area contributed by atoms with Crippen molar-refractivity contribution in [3.63, 3.8) is 0 Å². The smallest absolute Gasteiger partial charge is 0.274 e. The van der Waals surface area contributed by atoms with Crippen LogP contribution in [-0.2, 0) is 23.2 Å². The summed E-state index contributed by atoms with van der Waals surface area (Å²) in [7, 11) is -2.64. The molecule has 0 saturated carbocycles. The van der Waals surface area contributed by atoms with Crippen molar-refractivity contribution in [1.29, 1.82) is 0 Å². The predicted molar refractivity (Wildman–Crippen MR) is 91.5 cm³/mol. The van der Waals surface area contributed by atoms with E-state index in [4.69, 9.17) is 0 Å². The van der Waals surface area contributed by atoms with E-state index >= 15 is 0 Å². The molecule has 1 fully saturated rings. The first kappa shape index (κ1) is 19.6. The normalized spacial score (nSPS) is 17.7.